The second-order valence-corrected chi connectivity index (χ2v) is 10.9. The monoisotopic (exact) mass is 575 g/mol. The Kier molecular flexibility index (Phi) is 8.45. The molecule has 3 N–H and O–H groups in total. The SMILES string of the molecule is CCC1CCC(C)N1C(=O)c1nc(C(=O)N[C@H]2C[C@@H]2O)sc1-c1cnc(N[C@@H](CC)C(F)(F)F)cc1C(F)F. The molecule has 0 aromatic carbocycles. The molecule has 2 unspecified atom stereocenters. The Balaban J connectivity index is 1.77. The van der Waals surface area contributed by atoms with Crippen LogP contribution in [0.5, 0.6) is 0 Å². The summed E-state index contributed by atoms with van der Waals surface area (Å²) in [5.41, 5.74) is -1.03. The predicted octanol–water partition coefficient (Wildman–Crippen LogP) is 5.16. The summed E-state index contributed by atoms with van der Waals surface area (Å²) in [7, 11) is 0. The number of carbonyl (C=O) groups is 2. The average molecular weight is 576 g/mol. The molecule has 0 spiro atoms. The van der Waals surface area contributed by atoms with Crippen LogP contribution in [0.25, 0.3) is 10.4 Å². The van der Waals surface area contributed by atoms with Gasteiger partial charge in [-0.25, -0.2) is 18.7 Å². The minimum Gasteiger partial charge on any atom is -0.391 e. The molecule has 8 nitrogen and oxygen atoms in total. The number of thiazole rings is 1. The number of nitrogens with one attached hydrogen (secondary N) is 2. The van der Waals surface area contributed by atoms with Crippen LogP contribution < -0.4 is 10.6 Å². The highest BCUT2D eigenvalue weighted by atomic mass is 32.1. The van der Waals surface area contributed by atoms with E-state index < -0.39 is 54.0 Å². The van der Waals surface area contributed by atoms with E-state index in [1.165, 1.54) is 6.92 Å². The Morgan fingerprint density at radius 1 is 1.26 bits per heavy atom. The molecule has 214 valence electrons. The van der Waals surface area contributed by atoms with Crippen molar-refractivity contribution in [3.05, 3.63) is 28.5 Å². The van der Waals surface area contributed by atoms with Crippen LogP contribution in [0.4, 0.5) is 27.8 Å². The number of hydrogen-bond donors (Lipinski definition) is 3. The van der Waals surface area contributed by atoms with Gasteiger partial charge in [-0.1, -0.05) is 13.8 Å². The van der Waals surface area contributed by atoms with E-state index in [1.807, 2.05) is 13.8 Å². The van der Waals surface area contributed by atoms with Gasteiger partial charge < -0.3 is 20.6 Å². The molecule has 4 rings (SSSR count). The molecule has 39 heavy (non-hydrogen) atoms. The summed E-state index contributed by atoms with van der Waals surface area (Å²) in [6.45, 7) is 5.11. The predicted molar refractivity (Wildman–Crippen MR) is 135 cm³/mol. The number of aromatic nitrogens is 2. The lowest BCUT2D eigenvalue weighted by atomic mass is 10.1. The van der Waals surface area contributed by atoms with Crippen molar-refractivity contribution in [3.8, 4) is 10.4 Å². The quantitative estimate of drug-likeness (QED) is 0.357. The molecular weight excluding hydrogens is 545 g/mol. The number of rotatable bonds is 9. The van der Waals surface area contributed by atoms with Crippen LogP contribution in [0.2, 0.25) is 0 Å². The van der Waals surface area contributed by atoms with Crippen molar-refractivity contribution in [3.63, 3.8) is 0 Å². The highest BCUT2D eigenvalue weighted by molar-refractivity contribution is 7.17. The van der Waals surface area contributed by atoms with Crippen LogP contribution >= 0.6 is 11.3 Å². The Bertz CT molecular complexity index is 1220. The van der Waals surface area contributed by atoms with Crippen LogP contribution in [-0.2, 0) is 0 Å². The molecule has 0 radical (unpaired) electrons. The largest absolute Gasteiger partial charge is 0.408 e. The van der Waals surface area contributed by atoms with Crippen molar-refractivity contribution in [2.45, 2.75) is 95.7 Å². The maximum atomic E-state index is 14.3. The first-order valence-corrected chi connectivity index (χ1v) is 13.6. The molecule has 1 aliphatic heterocycles. The van der Waals surface area contributed by atoms with E-state index in [2.05, 4.69) is 20.6 Å². The molecule has 2 aromatic rings. The van der Waals surface area contributed by atoms with Crippen LogP contribution in [0.1, 0.15) is 85.2 Å². The highest BCUT2D eigenvalue weighted by Gasteiger charge is 2.41. The van der Waals surface area contributed by atoms with E-state index in [1.54, 1.807) is 4.90 Å². The topological polar surface area (TPSA) is 107 Å². The van der Waals surface area contributed by atoms with Gasteiger partial charge in [-0.05, 0) is 45.1 Å². The minimum absolute atomic E-state index is 0.0207. The summed E-state index contributed by atoms with van der Waals surface area (Å²) in [4.78, 5) is 36.4. The molecule has 2 fully saturated rings. The fourth-order valence-electron chi connectivity index (χ4n) is 4.79. The van der Waals surface area contributed by atoms with Crippen molar-refractivity contribution in [2.75, 3.05) is 5.32 Å². The maximum absolute atomic E-state index is 14.3. The zero-order valence-corrected chi connectivity index (χ0v) is 22.4. The Morgan fingerprint density at radius 2 is 1.95 bits per heavy atom. The second kappa shape index (κ2) is 11.3. The lowest BCUT2D eigenvalue weighted by Crippen LogP contribution is -2.40. The third kappa shape index (κ3) is 6.16. The third-order valence-electron chi connectivity index (χ3n) is 7.13. The lowest BCUT2D eigenvalue weighted by Gasteiger charge is -2.27. The molecule has 2 amide bonds. The molecular formula is C25H30F5N5O3S. The summed E-state index contributed by atoms with van der Waals surface area (Å²) in [6, 6.07) is -1.85. The van der Waals surface area contributed by atoms with Gasteiger partial charge in [-0.15, -0.1) is 11.3 Å². The Labute approximate surface area is 226 Å². The number of amides is 2. The van der Waals surface area contributed by atoms with Gasteiger partial charge in [0.05, 0.1) is 17.0 Å². The summed E-state index contributed by atoms with van der Waals surface area (Å²) < 4.78 is 68.2. The number of hydrogen-bond acceptors (Lipinski definition) is 7. The van der Waals surface area contributed by atoms with E-state index in [9.17, 15) is 36.6 Å². The summed E-state index contributed by atoms with van der Waals surface area (Å²) in [6.07, 6.45) is -5.24. The van der Waals surface area contributed by atoms with Gasteiger partial charge in [0.25, 0.3) is 18.2 Å². The van der Waals surface area contributed by atoms with Gasteiger partial charge in [-0.2, -0.15) is 13.2 Å². The van der Waals surface area contributed by atoms with Gasteiger partial charge in [0.1, 0.15) is 17.6 Å². The summed E-state index contributed by atoms with van der Waals surface area (Å²) >= 11 is 0.723. The molecule has 2 aliphatic rings. The number of alkyl halides is 5. The molecule has 0 bridgehead atoms. The lowest BCUT2D eigenvalue weighted by molar-refractivity contribution is -0.142. The van der Waals surface area contributed by atoms with Gasteiger partial charge in [0.15, 0.2) is 5.01 Å². The van der Waals surface area contributed by atoms with E-state index in [0.717, 1.165) is 36.4 Å². The Hall–Kier alpha value is -2.87. The van der Waals surface area contributed by atoms with E-state index in [-0.39, 0.29) is 39.6 Å². The normalized spacial score (nSPS) is 23.7. The Morgan fingerprint density at radius 3 is 2.51 bits per heavy atom. The fraction of sp³-hybridized carbons (Fsp3) is 0.600. The van der Waals surface area contributed by atoms with Crippen molar-refractivity contribution < 1.29 is 36.6 Å². The van der Waals surface area contributed by atoms with Crippen LogP contribution in [0.3, 0.4) is 0 Å². The smallest absolute Gasteiger partial charge is 0.391 e. The van der Waals surface area contributed by atoms with Crippen molar-refractivity contribution >= 4 is 29.0 Å². The first-order valence-electron chi connectivity index (χ1n) is 12.8. The fourth-order valence-corrected chi connectivity index (χ4v) is 5.78. The number of anilines is 1. The zero-order chi connectivity index (χ0) is 28.6. The first-order chi connectivity index (χ1) is 18.3. The maximum Gasteiger partial charge on any atom is 0.408 e. The molecule has 1 aliphatic carbocycles. The molecule has 2 aromatic heterocycles. The second-order valence-electron chi connectivity index (χ2n) is 9.88. The number of nitrogens with zero attached hydrogens (tertiary/aromatic N) is 3. The van der Waals surface area contributed by atoms with Crippen molar-refractivity contribution in [1.82, 2.24) is 20.2 Å². The van der Waals surface area contributed by atoms with E-state index in [4.69, 9.17) is 0 Å². The van der Waals surface area contributed by atoms with Gasteiger partial charge in [-0.3, -0.25) is 9.59 Å². The van der Waals surface area contributed by atoms with Crippen LogP contribution in [0.15, 0.2) is 12.3 Å². The zero-order valence-electron chi connectivity index (χ0n) is 21.6. The highest BCUT2D eigenvalue weighted by Crippen LogP contribution is 2.40. The van der Waals surface area contributed by atoms with Crippen LogP contribution in [-0.4, -0.2) is 68.2 Å². The van der Waals surface area contributed by atoms with Gasteiger partial charge in [0.2, 0.25) is 0 Å². The van der Waals surface area contributed by atoms with E-state index in [0.29, 0.717) is 12.8 Å². The number of pyridine rings is 1. The molecule has 14 heteroatoms. The third-order valence-corrected chi connectivity index (χ3v) is 8.22. The summed E-state index contributed by atoms with van der Waals surface area (Å²) in [5, 5.41) is 14.2. The van der Waals surface area contributed by atoms with Crippen molar-refractivity contribution in [1.29, 1.82) is 0 Å². The van der Waals surface area contributed by atoms with E-state index >= 15 is 0 Å². The number of aliphatic hydroxyl groups excluding tert-OH is 1. The standard InChI is InChI=1S/C25H30F5N5O3S/c1-4-12-7-6-11(3)35(12)24(38)19-20(39-23(34-19)22(37)32-15-9-16(15)36)14-10-31-18(8-13(14)21(26)27)33-17(5-2)25(28,29)30/h8,10-12,15-17,21,36H,4-7,9H2,1-3H3,(H,31,33)(H,32,37)/t11?,12?,15-,16-,17-/m0/s1. The molecule has 1 saturated carbocycles. The molecule has 5 atom stereocenters. The first kappa shape index (κ1) is 29.1. The minimum atomic E-state index is -4.61. The number of aliphatic hydroxyl groups is 1. The molecule has 3 heterocycles. The number of halogens is 5. The number of carbonyl (C=O) groups excluding carboxylic acids is 2. The molecule has 1 saturated heterocycles. The van der Waals surface area contributed by atoms with Gasteiger partial charge in [0, 0.05) is 29.4 Å². The number of likely N-dealkylation sites (tertiary alicyclic amines) is 1. The van der Waals surface area contributed by atoms with Crippen LogP contribution in [0, 0.1) is 0 Å². The average Bonchev–Trinajstić information content (AvgIpc) is 3.25. The summed E-state index contributed by atoms with van der Waals surface area (Å²) in [5.74, 6) is -1.58. The van der Waals surface area contributed by atoms with Gasteiger partial charge >= 0.3 is 6.18 Å². The van der Waals surface area contributed by atoms with Crippen molar-refractivity contribution in [2.24, 2.45) is 0 Å².